The first-order valence-electron chi connectivity index (χ1n) is 13.3. The Bertz CT molecular complexity index is 1520. The Morgan fingerprint density at radius 1 is 1.17 bits per heavy atom. The third kappa shape index (κ3) is 5.51. The number of halogens is 1. The van der Waals surface area contributed by atoms with Crippen LogP contribution < -0.4 is 4.90 Å². The van der Waals surface area contributed by atoms with Gasteiger partial charge in [0.05, 0.1) is 29.8 Å². The van der Waals surface area contributed by atoms with Crippen molar-refractivity contribution >= 4 is 45.8 Å². The maximum Gasteiger partial charge on any atom is 0.269 e. The van der Waals surface area contributed by atoms with Crippen molar-refractivity contribution in [3.8, 4) is 0 Å². The summed E-state index contributed by atoms with van der Waals surface area (Å²) in [7, 11) is 0. The molecular formula is C31H30IN3O6. The lowest BCUT2D eigenvalue weighted by atomic mass is 9.82. The number of nitro groups is 1. The van der Waals surface area contributed by atoms with Crippen LogP contribution in [-0.2, 0) is 34.7 Å². The van der Waals surface area contributed by atoms with Crippen LogP contribution in [0.15, 0.2) is 78.9 Å². The van der Waals surface area contributed by atoms with Crippen molar-refractivity contribution in [3.05, 3.63) is 115 Å². The number of rotatable bonds is 8. The number of nitrogens with zero attached hydrogens (tertiary/aromatic N) is 3. The predicted molar refractivity (Wildman–Crippen MR) is 162 cm³/mol. The lowest BCUT2D eigenvalue weighted by Crippen LogP contribution is -2.46. The number of fused-ring (bicyclic) bond motifs is 2. The molecule has 0 saturated carbocycles. The molecule has 0 saturated heterocycles. The van der Waals surface area contributed by atoms with Gasteiger partial charge in [0.2, 0.25) is 5.91 Å². The van der Waals surface area contributed by atoms with Crippen molar-refractivity contribution in [2.45, 2.75) is 44.5 Å². The minimum Gasteiger partial charge on any atom is -0.394 e. The van der Waals surface area contributed by atoms with Crippen LogP contribution in [0.25, 0.3) is 0 Å². The van der Waals surface area contributed by atoms with Crippen LogP contribution in [0, 0.1) is 19.6 Å². The van der Waals surface area contributed by atoms with E-state index in [1.54, 1.807) is 24.0 Å². The molecule has 3 aromatic carbocycles. The van der Waals surface area contributed by atoms with Crippen molar-refractivity contribution in [3.63, 3.8) is 0 Å². The molecule has 2 amide bonds. The average molecular weight is 668 g/mol. The number of aliphatic hydroxyl groups is 2. The van der Waals surface area contributed by atoms with Gasteiger partial charge in [-0.2, -0.15) is 0 Å². The summed E-state index contributed by atoms with van der Waals surface area (Å²) >= 11 is 2.19. The lowest BCUT2D eigenvalue weighted by Gasteiger charge is -2.36. The molecule has 0 radical (unpaired) electrons. The van der Waals surface area contributed by atoms with E-state index in [-0.39, 0.29) is 42.8 Å². The van der Waals surface area contributed by atoms with Crippen LogP contribution in [0.2, 0.25) is 0 Å². The Morgan fingerprint density at radius 2 is 1.88 bits per heavy atom. The highest BCUT2D eigenvalue weighted by Gasteiger charge is 2.53. The van der Waals surface area contributed by atoms with E-state index in [2.05, 4.69) is 22.6 Å². The maximum atomic E-state index is 13.8. The van der Waals surface area contributed by atoms with Crippen LogP contribution in [-0.4, -0.2) is 44.5 Å². The zero-order chi connectivity index (χ0) is 29.3. The van der Waals surface area contributed by atoms with Crippen LogP contribution in [0.4, 0.5) is 11.4 Å². The van der Waals surface area contributed by atoms with E-state index in [1.165, 1.54) is 23.1 Å². The summed E-state index contributed by atoms with van der Waals surface area (Å²) in [6, 6.07) is 19.2. The summed E-state index contributed by atoms with van der Waals surface area (Å²) in [5.74, 6) is -1.55. The zero-order valence-electron chi connectivity index (χ0n) is 22.4. The molecule has 2 heterocycles. The third-order valence-electron chi connectivity index (χ3n) is 7.98. The third-order valence-corrected chi connectivity index (χ3v) is 8.70. The second-order valence-corrected chi connectivity index (χ2v) is 11.7. The number of benzene rings is 3. The summed E-state index contributed by atoms with van der Waals surface area (Å²) in [5, 5.41) is 33.4. The molecule has 5 rings (SSSR count). The van der Waals surface area contributed by atoms with Gasteiger partial charge in [0.25, 0.3) is 11.6 Å². The van der Waals surface area contributed by atoms with Gasteiger partial charge in [-0.05, 0) is 63.9 Å². The van der Waals surface area contributed by atoms with E-state index >= 15 is 0 Å². The molecule has 0 spiro atoms. The Balaban J connectivity index is 1.38. The van der Waals surface area contributed by atoms with E-state index < -0.39 is 22.3 Å². The number of anilines is 1. The fourth-order valence-corrected chi connectivity index (χ4v) is 6.01. The van der Waals surface area contributed by atoms with Crippen LogP contribution in [0.1, 0.15) is 35.6 Å². The number of carbonyl (C=O) groups excluding carboxylic acids is 2. The summed E-state index contributed by atoms with van der Waals surface area (Å²) < 4.78 is 1.04. The number of hydrogen-bond acceptors (Lipinski definition) is 6. The second kappa shape index (κ2) is 11.7. The maximum absolute atomic E-state index is 13.8. The summed E-state index contributed by atoms with van der Waals surface area (Å²) in [4.78, 5) is 41.1. The van der Waals surface area contributed by atoms with E-state index in [0.717, 1.165) is 20.3 Å². The molecule has 0 bridgehead atoms. The molecule has 9 nitrogen and oxygen atoms in total. The van der Waals surface area contributed by atoms with Crippen molar-refractivity contribution in [1.82, 2.24) is 4.90 Å². The standard InChI is InChI=1S/C31H30IN3O6/c1-20(5-4-8-29(37)33-18-23-7-3-2-6-22(23)15-26(33)19-36)31(39)27-16-25(35(40)41)13-14-28(27)34(30(31)38)17-21-9-11-24(32)12-10-21/h2-7,9-14,16,20,26,36,39H,8,15,17-19H2,1H3/b5-4+/t20-,26-,31+/m0/s1. The highest BCUT2D eigenvalue weighted by molar-refractivity contribution is 14.1. The van der Waals surface area contributed by atoms with Crippen LogP contribution >= 0.6 is 22.6 Å². The second-order valence-electron chi connectivity index (χ2n) is 10.5. The minimum atomic E-state index is -2.05. The normalized spacial score (nSPS) is 20.7. The van der Waals surface area contributed by atoms with E-state index in [0.29, 0.717) is 18.7 Å². The quantitative estimate of drug-likeness (QED) is 0.158. The first kappa shape index (κ1) is 28.9. The van der Waals surface area contributed by atoms with Crippen LogP contribution in [0.5, 0.6) is 0 Å². The SMILES string of the molecule is C[C@@H](/C=C/CC(=O)N1Cc2ccccc2C[C@H]1CO)[C@]1(O)C(=O)N(Cc2ccc(I)cc2)c2ccc([N+](=O)[O-])cc21. The summed E-state index contributed by atoms with van der Waals surface area (Å²) in [6.07, 6.45) is 3.81. The number of carbonyl (C=O) groups is 2. The molecule has 2 aliphatic rings. The van der Waals surface area contributed by atoms with E-state index in [1.807, 2.05) is 48.5 Å². The molecule has 0 aliphatic carbocycles. The first-order valence-corrected chi connectivity index (χ1v) is 14.4. The zero-order valence-corrected chi connectivity index (χ0v) is 24.6. The number of aliphatic hydroxyl groups excluding tert-OH is 1. The van der Waals surface area contributed by atoms with Crippen LogP contribution in [0.3, 0.4) is 0 Å². The van der Waals surface area contributed by atoms with Gasteiger partial charge in [0, 0.05) is 40.1 Å². The fourth-order valence-electron chi connectivity index (χ4n) is 5.65. The van der Waals surface area contributed by atoms with E-state index in [9.17, 15) is 29.9 Å². The first-order chi connectivity index (χ1) is 19.6. The molecule has 0 aromatic heterocycles. The van der Waals surface area contributed by atoms with Crippen molar-refractivity contribution in [2.75, 3.05) is 11.5 Å². The van der Waals surface area contributed by atoms with Gasteiger partial charge in [0.15, 0.2) is 5.60 Å². The Labute approximate surface area is 251 Å². The predicted octanol–water partition coefficient (Wildman–Crippen LogP) is 4.46. The molecule has 3 aromatic rings. The molecule has 0 unspecified atom stereocenters. The van der Waals surface area contributed by atoms with Gasteiger partial charge in [0.1, 0.15) is 0 Å². The monoisotopic (exact) mass is 667 g/mol. The van der Waals surface area contributed by atoms with Gasteiger partial charge >= 0.3 is 0 Å². The van der Waals surface area contributed by atoms with E-state index in [4.69, 9.17) is 0 Å². The highest BCUT2D eigenvalue weighted by atomic mass is 127. The Kier molecular flexibility index (Phi) is 8.25. The fraction of sp³-hybridized carbons (Fsp3) is 0.290. The summed E-state index contributed by atoms with van der Waals surface area (Å²) in [6.45, 7) is 2.09. The van der Waals surface area contributed by atoms with Crippen molar-refractivity contribution in [1.29, 1.82) is 0 Å². The summed E-state index contributed by atoms with van der Waals surface area (Å²) in [5.41, 5.74) is 1.31. The molecule has 41 heavy (non-hydrogen) atoms. The number of amides is 2. The minimum absolute atomic E-state index is 0.0153. The molecule has 2 aliphatic heterocycles. The van der Waals surface area contributed by atoms with Gasteiger partial charge in [-0.1, -0.05) is 55.5 Å². The lowest BCUT2D eigenvalue weighted by molar-refractivity contribution is -0.385. The smallest absolute Gasteiger partial charge is 0.269 e. The van der Waals surface area contributed by atoms with Gasteiger partial charge in [-0.3, -0.25) is 19.7 Å². The molecular weight excluding hydrogens is 637 g/mol. The Hall–Kier alpha value is -3.61. The molecule has 10 heteroatoms. The van der Waals surface area contributed by atoms with Gasteiger partial charge in [-0.25, -0.2) is 0 Å². The number of nitro benzene ring substituents is 1. The van der Waals surface area contributed by atoms with Gasteiger partial charge < -0.3 is 20.0 Å². The largest absolute Gasteiger partial charge is 0.394 e. The van der Waals surface area contributed by atoms with Crippen molar-refractivity contribution < 1.29 is 24.7 Å². The average Bonchev–Trinajstić information content (AvgIpc) is 3.19. The molecule has 3 atom stereocenters. The topological polar surface area (TPSA) is 124 Å². The molecule has 2 N–H and O–H groups in total. The number of hydrogen-bond donors (Lipinski definition) is 2. The van der Waals surface area contributed by atoms with Crippen molar-refractivity contribution in [2.24, 2.45) is 5.92 Å². The number of non-ortho nitro benzene ring substituents is 1. The molecule has 212 valence electrons. The highest BCUT2D eigenvalue weighted by Crippen LogP contribution is 2.47. The molecule has 0 fully saturated rings. The van der Waals surface area contributed by atoms with Gasteiger partial charge in [-0.15, -0.1) is 0 Å². The Morgan fingerprint density at radius 3 is 2.56 bits per heavy atom.